The van der Waals surface area contributed by atoms with Gasteiger partial charge in [0.1, 0.15) is 0 Å². The summed E-state index contributed by atoms with van der Waals surface area (Å²) in [5, 5.41) is 3.16. The number of rotatable bonds is 3. The Morgan fingerprint density at radius 1 is 1.15 bits per heavy atom. The topological polar surface area (TPSA) is 15.3 Å². The molecule has 0 saturated carbocycles. The van der Waals surface area contributed by atoms with E-state index in [4.69, 9.17) is 0 Å². The van der Waals surface area contributed by atoms with Crippen LogP contribution in [0.4, 0.5) is 13.2 Å². The van der Waals surface area contributed by atoms with Crippen molar-refractivity contribution >= 4 is 31.9 Å². The summed E-state index contributed by atoms with van der Waals surface area (Å²) in [6.07, 6.45) is -4.99. The third kappa shape index (κ3) is 4.44. The molecule has 1 fully saturated rings. The highest BCUT2D eigenvalue weighted by atomic mass is 79.9. The van der Waals surface area contributed by atoms with E-state index >= 15 is 0 Å². The number of benzene rings is 1. The Labute approximate surface area is 133 Å². The monoisotopic (exact) mass is 414 g/mol. The van der Waals surface area contributed by atoms with E-state index in [2.05, 4.69) is 37.2 Å². The highest BCUT2D eigenvalue weighted by Gasteiger charge is 2.36. The van der Waals surface area contributed by atoms with Crippen molar-refractivity contribution in [1.29, 1.82) is 0 Å². The van der Waals surface area contributed by atoms with Crippen LogP contribution in [0.5, 0.6) is 0 Å². The van der Waals surface area contributed by atoms with Crippen LogP contribution in [0.25, 0.3) is 0 Å². The standard InChI is InChI=1S/C13H15Br2F3N2/c14-10-2-1-9(7-11(10)15)12(8-13(16,17)18)20-5-3-19-4-6-20/h1-2,7,12,19H,3-6,8H2/t12-/m0/s1. The van der Waals surface area contributed by atoms with Gasteiger partial charge in [-0.25, -0.2) is 0 Å². The van der Waals surface area contributed by atoms with Gasteiger partial charge in [0, 0.05) is 41.2 Å². The van der Waals surface area contributed by atoms with Crippen molar-refractivity contribution < 1.29 is 13.2 Å². The molecule has 1 aromatic rings. The van der Waals surface area contributed by atoms with Gasteiger partial charge in [0.05, 0.1) is 6.42 Å². The molecule has 1 saturated heterocycles. The van der Waals surface area contributed by atoms with Crippen LogP contribution in [0.15, 0.2) is 27.1 Å². The fourth-order valence-electron chi connectivity index (χ4n) is 2.39. The van der Waals surface area contributed by atoms with Crippen molar-refractivity contribution in [2.45, 2.75) is 18.6 Å². The lowest BCUT2D eigenvalue weighted by atomic mass is 10.0. The van der Waals surface area contributed by atoms with Gasteiger partial charge in [0.2, 0.25) is 0 Å². The Morgan fingerprint density at radius 2 is 1.80 bits per heavy atom. The Morgan fingerprint density at radius 3 is 2.35 bits per heavy atom. The normalized spacial score (nSPS) is 19.1. The third-order valence-electron chi connectivity index (χ3n) is 3.35. The van der Waals surface area contributed by atoms with Gasteiger partial charge in [0.25, 0.3) is 0 Å². The first-order valence-corrected chi connectivity index (χ1v) is 7.92. The minimum Gasteiger partial charge on any atom is -0.314 e. The third-order valence-corrected chi connectivity index (χ3v) is 5.23. The fourth-order valence-corrected chi connectivity index (χ4v) is 3.03. The number of alkyl halides is 3. The Hall–Kier alpha value is -0.110. The summed E-state index contributed by atoms with van der Waals surface area (Å²) < 4.78 is 40.2. The predicted octanol–water partition coefficient (Wildman–Crippen LogP) is 4.11. The summed E-state index contributed by atoms with van der Waals surface area (Å²) in [6, 6.07) is 4.68. The van der Waals surface area contributed by atoms with Crippen molar-refractivity contribution in [2.75, 3.05) is 26.2 Å². The first-order valence-electron chi connectivity index (χ1n) is 6.33. The molecule has 2 nitrogen and oxygen atoms in total. The molecule has 0 radical (unpaired) electrons. The van der Waals surface area contributed by atoms with Crippen LogP contribution in [0.1, 0.15) is 18.0 Å². The van der Waals surface area contributed by atoms with E-state index in [1.54, 1.807) is 18.2 Å². The predicted molar refractivity (Wildman–Crippen MR) is 79.7 cm³/mol. The van der Waals surface area contributed by atoms with Crippen LogP contribution in [0.3, 0.4) is 0 Å². The van der Waals surface area contributed by atoms with E-state index in [9.17, 15) is 13.2 Å². The summed E-state index contributed by atoms with van der Waals surface area (Å²) in [5.41, 5.74) is 0.694. The minimum absolute atomic E-state index is 0.624. The molecule has 1 N–H and O–H groups in total. The smallest absolute Gasteiger partial charge is 0.314 e. The molecular weight excluding hydrogens is 401 g/mol. The van der Waals surface area contributed by atoms with Gasteiger partial charge in [-0.3, -0.25) is 4.90 Å². The molecular formula is C13H15Br2F3N2. The summed E-state index contributed by atoms with van der Waals surface area (Å²) >= 11 is 6.70. The molecule has 0 unspecified atom stereocenters. The van der Waals surface area contributed by atoms with Crippen LogP contribution in [0, 0.1) is 0 Å². The lowest BCUT2D eigenvalue weighted by Crippen LogP contribution is -2.46. The van der Waals surface area contributed by atoms with Gasteiger partial charge in [-0.2, -0.15) is 13.2 Å². The van der Waals surface area contributed by atoms with E-state index < -0.39 is 18.6 Å². The molecule has 0 bridgehead atoms. The van der Waals surface area contributed by atoms with Crippen molar-refractivity contribution in [1.82, 2.24) is 10.2 Å². The molecule has 0 spiro atoms. The second kappa shape index (κ2) is 6.77. The second-order valence-corrected chi connectivity index (χ2v) is 6.50. The maximum Gasteiger partial charge on any atom is 0.390 e. The number of halogens is 5. The zero-order valence-electron chi connectivity index (χ0n) is 10.7. The zero-order valence-corrected chi connectivity index (χ0v) is 13.9. The zero-order chi connectivity index (χ0) is 14.8. The molecule has 1 aromatic carbocycles. The van der Waals surface area contributed by atoms with Crippen molar-refractivity contribution in [3.8, 4) is 0 Å². The number of hydrogen-bond donors (Lipinski definition) is 1. The molecule has 1 atom stereocenters. The molecule has 1 heterocycles. The maximum atomic E-state index is 12.9. The molecule has 1 aliphatic rings. The molecule has 7 heteroatoms. The number of piperazine rings is 1. The summed E-state index contributed by atoms with van der Waals surface area (Å²) in [5.74, 6) is 0. The van der Waals surface area contributed by atoms with Gasteiger partial charge in [-0.15, -0.1) is 0 Å². The molecule has 0 amide bonds. The second-order valence-electron chi connectivity index (χ2n) is 4.79. The average molecular weight is 416 g/mol. The van der Waals surface area contributed by atoms with E-state index in [0.717, 1.165) is 22.0 Å². The van der Waals surface area contributed by atoms with Crippen LogP contribution in [-0.4, -0.2) is 37.3 Å². The van der Waals surface area contributed by atoms with Crippen molar-refractivity contribution in [3.05, 3.63) is 32.7 Å². The quantitative estimate of drug-likeness (QED) is 0.799. The van der Waals surface area contributed by atoms with Gasteiger partial charge in [-0.1, -0.05) is 6.07 Å². The summed E-state index contributed by atoms with van der Waals surface area (Å²) in [6.45, 7) is 2.72. The van der Waals surface area contributed by atoms with Crippen molar-refractivity contribution in [2.24, 2.45) is 0 Å². The number of hydrogen-bond acceptors (Lipinski definition) is 2. The molecule has 20 heavy (non-hydrogen) atoms. The largest absolute Gasteiger partial charge is 0.390 e. The van der Waals surface area contributed by atoms with Crippen LogP contribution in [-0.2, 0) is 0 Å². The SMILES string of the molecule is FC(F)(F)C[C@@H](c1ccc(Br)c(Br)c1)N1CCNCC1. The first kappa shape index (κ1) is 16.3. The lowest BCUT2D eigenvalue weighted by Gasteiger charge is -2.35. The number of nitrogens with one attached hydrogen (secondary N) is 1. The Bertz CT molecular complexity index is 459. The highest BCUT2D eigenvalue weighted by Crippen LogP contribution is 2.36. The molecule has 0 aliphatic carbocycles. The Balaban J connectivity index is 2.26. The van der Waals surface area contributed by atoms with E-state index in [-0.39, 0.29) is 0 Å². The van der Waals surface area contributed by atoms with Gasteiger partial charge in [0.15, 0.2) is 0 Å². The molecule has 112 valence electrons. The van der Waals surface area contributed by atoms with Crippen LogP contribution in [0.2, 0.25) is 0 Å². The highest BCUT2D eigenvalue weighted by molar-refractivity contribution is 9.13. The fraction of sp³-hybridized carbons (Fsp3) is 0.538. The maximum absolute atomic E-state index is 12.9. The average Bonchev–Trinajstić information content (AvgIpc) is 2.39. The molecule has 1 aliphatic heterocycles. The summed E-state index contributed by atoms with van der Waals surface area (Å²) in [7, 11) is 0. The molecule has 0 aromatic heterocycles. The summed E-state index contributed by atoms with van der Waals surface area (Å²) in [4.78, 5) is 1.90. The minimum atomic E-state index is -4.17. The number of nitrogens with zero attached hydrogens (tertiary/aromatic N) is 1. The van der Waals surface area contributed by atoms with Crippen LogP contribution < -0.4 is 5.32 Å². The Kier molecular flexibility index (Phi) is 5.50. The first-order chi connectivity index (χ1) is 9.37. The van der Waals surface area contributed by atoms with Gasteiger partial charge in [-0.05, 0) is 49.6 Å². The van der Waals surface area contributed by atoms with E-state index in [0.29, 0.717) is 18.7 Å². The van der Waals surface area contributed by atoms with E-state index in [1.807, 2.05) is 4.90 Å². The van der Waals surface area contributed by atoms with Crippen molar-refractivity contribution in [3.63, 3.8) is 0 Å². The lowest BCUT2D eigenvalue weighted by molar-refractivity contribution is -0.148. The van der Waals surface area contributed by atoms with Gasteiger partial charge >= 0.3 is 6.18 Å². The molecule has 2 rings (SSSR count). The van der Waals surface area contributed by atoms with Gasteiger partial charge < -0.3 is 5.32 Å². The van der Waals surface area contributed by atoms with E-state index in [1.165, 1.54) is 0 Å². The van der Waals surface area contributed by atoms with Crippen LogP contribution >= 0.6 is 31.9 Å².